The van der Waals surface area contributed by atoms with Crippen molar-refractivity contribution < 1.29 is 19.1 Å². The maximum Gasteiger partial charge on any atom is 0.224 e. The molecule has 1 saturated heterocycles. The van der Waals surface area contributed by atoms with Gasteiger partial charge in [0.2, 0.25) is 5.91 Å². The van der Waals surface area contributed by atoms with Crippen LogP contribution in [0.5, 0.6) is 0 Å². The second-order valence-corrected chi connectivity index (χ2v) is 5.49. The molecule has 0 radical (unpaired) electrons. The van der Waals surface area contributed by atoms with Crippen LogP contribution in [0.25, 0.3) is 0 Å². The Bertz CT molecular complexity index is 436. The molecule has 0 bridgehead atoms. The Morgan fingerprint density at radius 1 is 1.53 bits per heavy atom. The van der Waals surface area contributed by atoms with E-state index in [4.69, 9.17) is 9.15 Å². The topological polar surface area (TPSA) is 71.7 Å². The van der Waals surface area contributed by atoms with E-state index in [1.165, 1.54) is 0 Å². The summed E-state index contributed by atoms with van der Waals surface area (Å²) >= 11 is 0. The quantitative estimate of drug-likeness (QED) is 0.859. The van der Waals surface area contributed by atoms with E-state index in [0.717, 1.165) is 32.5 Å². The van der Waals surface area contributed by atoms with Crippen molar-refractivity contribution in [3.63, 3.8) is 0 Å². The third-order valence-corrected chi connectivity index (χ3v) is 4.38. The lowest BCUT2D eigenvalue weighted by molar-refractivity contribution is -0.124. The number of aliphatic hydroxyl groups is 1. The molecule has 2 atom stereocenters. The molecule has 5 nitrogen and oxygen atoms in total. The van der Waals surface area contributed by atoms with E-state index >= 15 is 0 Å². The highest BCUT2D eigenvalue weighted by atomic mass is 16.5. The molecule has 2 fully saturated rings. The van der Waals surface area contributed by atoms with Crippen LogP contribution in [0.15, 0.2) is 22.8 Å². The minimum atomic E-state index is -0.444. The minimum Gasteiger partial charge on any atom is -0.467 e. The van der Waals surface area contributed by atoms with Gasteiger partial charge in [-0.05, 0) is 36.8 Å². The smallest absolute Gasteiger partial charge is 0.224 e. The summed E-state index contributed by atoms with van der Waals surface area (Å²) in [5.41, 5.74) is 0.158. The number of carbonyl (C=O) groups is 1. The third-order valence-electron chi connectivity index (χ3n) is 4.38. The second-order valence-electron chi connectivity index (χ2n) is 5.49. The van der Waals surface area contributed by atoms with E-state index in [0.29, 0.717) is 5.76 Å². The number of hydrogen-bond donors (Lipinski definition) is 2. The largest absolute Gasteiger partial charge is 0.467 e. The molecule has 5 heteroatoms. The van der Waals surface area contributed by atoms with Gasteiger partial charge in [0, 0.05) is 19.1 Å². The van der Waals surface area contributed by atoms with E-state index in [2.05, 4.69) is 5.32 Å². The van der Waals surface area contributed by atoms with Crippen molar-refractivity contribution in [2.75, 3.05) is 19.8 Å². The Kier molecular flexibility index (Phi) is 3.33. The van der Waals surface area contributed by atoms with Crippen LogP contribution in [0.1, 0.15) is 31.1 Å². The maximum absolute atomic E-state index is 12.2. The van der Waals surface area contributed by atoms with E-state index in [-0.39, 0.29) is 23.8 Å². The van der Waals surface area contributed by atoms with Crippen LogP contribution in [-0.2, 0) is 9.53 Å². The number of aliphatic hydroxyl groups excluding tert-OH is 1. The molecule has 2 unspecified atom stereocenters. The molecule has 104 valence electrons. The van der Waals surface area contributed by atoms with Crippen molar-refractivity contribution in [2.45, 2.75) is 25.3 Å². The second kappa shape index (κ2) is 4.98. The summed E-state index contributed by atoms with van der Waals surface area (Å²) in [5, 5.41) is 12.2. The van der Waals surface area contributed by atoms with Gasteiger partial charge in [0.15, 0.2) is 0 Å². The number of amides is 1. The predicted octanol–water partition coefficient (Wildman–Crippen LogP) is 1.25. The van der Waals surface area contributed by atoms with Crippen molar-refractivity contribution in [1.82, 2.24) is 5.32 Å². The maximum atomic E-state index is 12.2. The molecule has 1 spiro atoms. The van der Waals surface area contributed by atoms with Crippen LogP contribution in [0.4, 0.5) is 0 Å². The van der Waals surface area contributed by atoms with Gasteiger partial charge in [-0.3, -0.25) is 4.79 Å². The van der Waals surface area contributed by atoms with E-state index in [1.807, 2.05) is 0 Å². The van der Waals surface area contributed by atoms with Crippen LogP contribution in [-0.4, -0.2) is 30.8 Å². The first-order valence-electron chi connectivity index (χ1n) is 6.77. The molecule has 3 rings (SSSR count). The van der Waals surface area contributed by atoms with Gasteiger partial charge in [-0.25, -0.2) is 0 Å². The highest BCUT2D eigenvalue weighted by molar-refractivity contribution is 5.83. The summed E-state index contributed by atoms with van der Waals surface area (Å²) < 4.78 is 10.6. The zero-order chi connectivity index (χ0) is 13.3. The fraction of sp³-hybridized carbons (Fsp3) is 0.643. The highest BCUT2D eigenvalue weighted by Crippen LogP contribution is 2.59. The lowest BCUT2D eigenvalue weighted by Gasteiger charge is -2.23. The van der Waals surface area contributed by atoms with E-state index in [9.17, 15) is 9.90 Å². The van der Waals surface area contributed by atoms with Gasteiger partial charge in [0.1, 0.15) is 11.8 Å². The van der Waals surface area contributed by atoms with Gasteiger partial charge in [-0.15, -0.1) is 0 Å². The lowest BCUT2D eigenvalue weighted by atomic mass is 9.93. The van der Waals surface area contributed by atoms with Gasteiger partial charge in [0.25, 0.3) is 0 Å². The number of rotatable bonds is 4. The Morgan fingerprint density at radius 3 is 2.95 bits per heavy atom. The Morgan fingerprint density at radius 2 is 2.32 bits per heavy atom. The van der Waals surface area contributed by atoms with Crippen molar-refractivity contribution in [2.24, 2.45) is 11.3 Å². The average molecular weight is 265 g/mol. The van der Waals surface area contributed by atoms with Crippen LogP contribution < -0.4 is 5.32 Å². The molecular weight excluding hydrogens is 246 g/mol. The monoisotopic (exact) mass is 265 g/mol. The zero-order valence-corrected chi connectivity index (χ0v) is 10.8. The Hall–Kier alpha value is -1.33. The molecule has 0 aromatic carbocycles. The predicted molar refractivity (Wildman–Crippen MR) is 67.3 cm³/mol. The summed E-state index contributed by atoms with van der Waals surface area (Å²) in [4.78, 5) is 12.2. The van der Waals surface area contributed by atoms with E-state index in [1.54, 1.807) is 18.4 Å². The van der Waals surface area contributed by atoms with Crippen molar-refractivity contribution >= 4 is 5.91 Å². The van der Waals surface area contributed by atoms with Crippen LogP contribution >= 0.6 is 0 Å². The number of carbonyl (C=O) groups excluding carboxylic acids is 1. The van der Waals surface area contributed by atoms with Gasteiger partial charge < -0.3 is 19.6 Å². The molecule has 1 aromatic heterocycles. The molecule has 2 heterocycles. The van der Waals surface area contributed by atoms with Gasteiger partial charge in [-0.2, -0.15) is 0 Å². The SMILES string of the molecule is O=C(NC(CO)c1ccco1)C1CC12CCOCC2. The number of ether oxygens (including phenoxy) is 1. The summed E-state index contributed by atoms with van der Waals surface area (Å²) in [6, 6.07) is 3.07. The fourth-order valence-corrected chi connectivity index (χ4v) is 3.02. The van der Waals surface area contributed by atoms with Crippen molar-refractivity contribution in [3.05, 3.63) is 24.2 Å². The molecule has 1 aromatic rings. The Labute approximate surface area is 111 Å². The van der Waals surface area contributed by atoms with E-state index < -0.39 is 6.04 Å². The van der Waals surface area contributed by atoms with Crippen molar-refractivity contribution in [3.8, 4) is 0 Å². The minimum absolute atomic E-state index is 0.0253. The Balaban J connectivity index is 1.60. The van der Waals surface area contributed by atoms with Crippen LogP contribution in [0.3, 0.4) is 0 Å². The summed E-state index contributed by atoms with van der Waals surface area (Å²) in [6.07, 6.45) is 4.42. The van der Waals surface area contributed by atoms with Gasteiger partial charge >= 0.3 is 0 Å². The molecule has 1 aliphatic heterocycles. The first-order valence-corrected chi connectivity index (χ1v) is 6.77. The zero-order valence-electron chi connectivity index (χ0n) is 10.8. The van der Waals surface area contributed by atoms with Crippen LogP contribution in [0, 0.1) is 11.3 Å². The third kappa shape index (κ3) is 2.40. The summed E-state index contributed by atoms with van der Waals surface area (Å²) in [5.74, 6) is 0.690. The first-order chi connectivity index (χ1) is 9.25. The number of hydrogen-bond acceptors (Lipinski definition) is 4. The van der Waals surface area contributed by atoms with Gasteiger partial charge in [0.05, 0.1) is 12.9 Å². The molecule has 1 amide bonds. The molecule has 1 aliphatic carbocycles. The normalized spacial score (nSPS) is 26.1. The highest BCUT2D eigenvalue weighted by Gasteiger charge is 2.58. The number of furan rings is 1. The first kappa shape index (κ1) is 12.7. The molecule has 19 heavy (non-hydrogen) atoms. The standard InChI is InChI=1S/C14H19NO4/c16-9-11(12-2-1-5-19-12)15-13(17)10-8-14(10)3-6-18-7-4-14/h1-2,5,10-11,16H,3-4,6-9H2,(H,15,17). The van der Waals surface area contributed by atoms with Gasteiger partial charge in [-0.1, -0.05) is 0 Å². The molecule has 2 N–H and O–H groups in total. The fourth-order valence-electron chi connectivity index (χ4n) is 3.02. The number of nitrogens with one attached hydrogen (secondary N) is 1. The molecule has 1 saturated carbocycles. The summed E-state index contributed by atoms with van der Waals surface area (Å²) in [7, 11) is 0. The van der Waals surface area contributed by atoms with Crippen LogP contribution in [0.2, 0.25) is 0 Å². The average Bonchev–Trinajstić information content (AvgIpc) is 2.90. The summed E-state index contributed by atoms with van der Waals surface area (Å²) in [6.45, 7) is 1.36. The molecular formula is C14H19NO4. The molecule has 2 aliphatic rings. The lowest BCUT2D eigenvalue weighted by Crippen LogP contribution is -2.34. The van der Waals surface area contributed by atoms with Crippen molar-refractivity contribution in [1.29, 1.82) is 0 Å².